The summed E-state index contributed by atoms with van der Waals surface area (Å²) in [4.78, 5) is 10.8. The van der Waals surface area contributed by atoms with E-state index >= 15 is 0 Å². The van der Waals surface area contributed by atoms with Crippen molar-refractivity contribution in [3.63, 3.8) is 0 Å². The third-order valence-electron chi connectivity index (χ3n) is 2.82. The number of ether oxygens (including phenoxy) is 3. The van der Waals surface area contributed by atoms with Crippen molar-refractivity contribution in [1.29, 1.82) is 0 Å². The summed E-state index contributed by atoms with van der Waals surface area (Å²) in [7, 11) is 0. The number of carbonyl (C=O) groups is 1. The number of benzene rings is 1. The predicted molar refractivity (Wildman–Crippen MR) is 65.8 cm³/mol. The zero-order valence-corrected chi connectivity index (χ0v) is 10.5. The average Bonchev–Trinajstić information content (AvgIpc) is 2.38. The van der Waals surface area contributed by atoms with Gasteiger partial charge in [0, 0.05) is 13.3 Å². The first-order valence-corrected chi connectivity index (χ1v) is 6.18. The molecule has 1 saturated heterocycles. The molecule has 4 nitrogen and oxygen atoms in total. The summed E-state index contributed by atoms with van der Waals surface area (Å²) in [5.74, 6) is -0.302. The standard InChI is InChI=1S/C14H18O4/c1-11(15)18-14-8-7-13(10-17-14)16-9-12-5-3-2-4-6-12/h2-6,13-14H,7-10H2,1H3/t13-,14-/m0/s1. The number of rotatable bonds is 4. The van der Waals surface area contributed by atoms with Gasteiger partial charge in [0.1, 0.15) is 0 Å². The minimum absolute atomic E-state index is 0.0806. The van der Waals surface area contributed by atoms with E-state index in [0.717, 1.165) is 12.0 Å². The van der Waals surface area contributed by atoms with Crippen molar-refractivity contribution in [1.82, 2.24) is 0 Å². The van der Waals surface area contributed by atoms with Gasteiger partial charge in [-0.2, -0.15) is 0 Å². The van der Waals surface area contributed by atoms with Crippen LogP contribution < -0.4 is 0 Å². The van der Waals surface area contributed by atoms with E-state index in [1.165, 1.54) is 6.92 Å². The molecule has 1 aromatic rings. The highest BCUT2D eigenvalue weighted by Crippen LogP contribution is 2.18. The molecule has 0 aliphatic carbocycles. The van der Waals surface area contributed by atoms with Crippen LogP contribution >= 0.6 is 0 Å². The van der Waals surface area contributed by atoms with Crippen LogP contribution in [0.5, 0.6) is 0 Å². The number of hydrogen-bond acceptors (Lipinski definition) is 4. The molecule has 0 aromatic heterocycles. The minimum atomic E-state index is -0.404. The normalized spacial score (nSPS) is 23.6. The number of esters is 1. The summed E-state index contributed by atoms with van der Waals surface area (Å²) in [6.45, 7) is 2.46. The van der Waals surface area contributed by atoms with Gasteiger partial charge in [-0.1, -0.05) is 30.3 Å². The van der Waals surface area contributed by atoms with Gasteiger partial charge in [-0.3, -0.25) is 4.79 Å². The highest BCUT2D eigenvalue weighted by Gasteiger charge is 2.23. The molecule has 0 spiro atoms. The van der Waals surface area contributed by atoms with Crippen LogP contribution in [0.25, 0.3) is 0 Å². The van der Waals surface area contributed by atoms with Gasteiger partial charge in [0.25, 0.3) is 0 Å². The topological polar surface area (TPSA) is 44.8 Å². The molecule has 2 rings (SSSR count). The Labute approximate surface area is 107 Å². The van der Waals surface area contributed by atoms with Crippen LogP contribution in [-0.4, -0.2) is 25.0 Å². The van der Waals surface area contributed by atoms with Crippen molar-refractivity contribution in [2.75, 3.05) is 6.61 Å². The number of hydrogen-bond donors (Lipinski definition) is 0. The van der Waals surface area contributed by atoms with Crippen molar-refractivity contribution >= 4 is 5.97 Å². The fraction of sp³-hybridized carbons (Fsp3) is 0.500. The lowest BCUT2D eigenvalue weighted by molar-refractivity contribution is -0.201. The van der Waals surface area contributed by atoms with E-state index in [1.54, 1.807) is 0 Å². The fourth-order valence-electron chi connectivity index (χ4n) is 1.90. The highest BCUT2D eigenvalue weighted by atomic mass is 16.7. The molecular weight excluding hydrogens is 232 g/mol. The van der Waals surface area contributed by atoms with Gasteiger partial charge in [0.05, 0.1) is 19.3 Å². The van der Waals surface area contributed by atoms with Crippen molar-refractivity contribution in [2.45, 2.75) is 38.8 Å². The molecule has 98 valence electrons. The largest absolute Gasteiger partial charge is 0.436 e. The van der Waals surface area contributed by atoms with Crippen LogP contribution in [0.2, 0.25) is 0 Å². The van der Waals surface area contributed by atoms with E-state index in [1.807, 2.05) is 30.3 Å². The van der Waals surface area contributed by atoms with Crippen molar-refractivity contribution in [3.05, 3.63) is 35.9 Å². The van der Waals surface area contributed by atoms with Crippen LogP contribution in [0.3, 0.4) is 0 Å². The second kappa shape index (κ2) is 6.52. The lowest BCUT2D eigenvalue weighted by Gasteiger charge is -2.28. The zero-order valence-electron chi connectivity index (χ0n) is 10.5. The van der Waals surface area contributed by atoms with Gasteiger partial charge in [0.15, 0.2) is 0 Å². The predicted octanol–water partition coefficient (Wildman–Crippen LogP) is 2.27. The van der Waals surface area contributed by atoms with Gasteiger partial charge in [-0.15, -0.1) is 0 Å². The van der Waals surface area contributed by atoms with Crippen LogP contribution in [0.15, 0.2) is 30.3 Å². The zero-order chi connectivity index (χ0) is 12.8. The molecule has 0 radical (unpaired) electrons. The molecule has 0 amide bonds. The Balaban J connectivity index is 1.69. The summed E-state index contributed by atoms with van der Waals surface area (Å²) < 4.78 is 16.2. The molecule has 1 heterocycles. The Bertz CT molecular complexity index is 369. The quantitative estimate of drug-likeness (QED) is 0.769. The first kappa shape index (κ1) is 13.1. The molecule has 18 heavy (non-hydrogen) atoms. The second-order valence-corrected chi connectivity index (χ2v) is 4.37. The molecule has 1 fully saturated rings. The first-order chi connectivity index (χ1) is 8.74. The van der Waals surface area contributed by atoms with E-state index < -0.39 is 6.29 Å². The molecule has 2 atom stereocenters. The Morgan fingerprint density at radius 1 is 1.33 bits per heavy atom. The molecule has 4 heteroatoms. The maximum absolute atomic E-state index is 10.8. The summed E-state index contributed by atoms with van der Waals surface area (Å²) >= 11 is 0. The second-order valence-electron chi connectivity index (χ2n) is 4.37. The van der Waals surface area contributed by atoms with Crippen LogP contribution in [0.1, 0.15) is 25.3 Å². The van der Waals surface area contributed by atoms with E-state index in [0.29, 0.717) is 19.6 Å². The summed E-state index contributed by atoms with van der Waals surface area (Å²) in [5, 5.41) is 0. The minimum Gasteiger partial charge on any atom is -0.436 e. The monoisotopic (exact) mass is 250 g/mol. The van der Waals surface area contributed by atoms with Crippen molar-refractivity contribution in [3.8, 4) is 0 Å². The maximum atomic E-state index is 10.8. The highest BCUT2D eigenvalue weighted by molar-refractivity contribution is 5.66. The van der Waals surface area contributed by atoms with Gasteiger partial charge in [0.2, 0.25) is 6.29 Å². The van der Waals surface area contributed by atoms with E-state index in [4.69, 9.17) is 14.2 Å². The van der Waals surface area contributed by atoms with E-state index in [-0.39, 0.29) is 12.1 Å². The fourth-order valence-corrected chi connectivity index (χ4v) is 1.90. The molecule has 0 saturated carbocycles. The van der Waals surface area contributed by atoms with Gasteiger partial charge in [-0.05, 0) is 12.0 Å². The first-order valence-electron chi connectivity index (χ1n) is 6.18. The Hall–Kier alpha value is -1.39. The van der Waals surface area contributed by atoms with Crippen LogP contribution in [-0.2, 0) is 25.6 Å². The van der Waals surface area contributed by atoms with Gasteiger partial charge in [-0.25, -0.2) is 0 Å². The molecule has 1 aromatic carbocycles. The molecule has 1 aliphatic rings. The average molecular weight is 250 g/mol. The van der Waals surface area contributed by atoms with Crippen LogP contribution in [0, 0.1) is 0 Å². The van der Waals surface area contributed by atoms with E-state index in [2.05, 4.69) is 0 Å². The third kappa shape index (κ3) is 4.13. The van der Waals surface area contributed by atoms with Crippen molar-refractivity contribution < 1.29 is 19.0 Å². The molecule has 1 aliphatic heterocycles. The van der Waals surface area contributed by atoms with E-state index in [9.17, 15) is 4.79 Å². The smallest absolute Gasteiger partial charge is 0.304 e. The molecule has 0 unspecified atom stereocenters. The lowest BCUT2D eigenvalue weighted by Crippen LogP contribution is -2.33. The molecular formula is C14H18O4. The van der Waals surface area contributed by atoms with Crippen LogP contribution in [0.4, 0.5) is 0 Å². The maximum Gasteiger partial charge on any atom is 0.304 e. The Morgan fingerprint density at radius 3 is 2.72 bits per heavy atom. The Kier molecular flexibility index (Phi) is 4.73. The molecule has 0 bridgehead atoms. The summed E-state index contributed by atoms with van der Waals surface area (Å²) in [6, 6.07) is 10.0. The van der Waals surface area contributed by atoms with Crippen molar-refractivity contribution in [2.24, 2.45) is 0 Å². The van der Waals surface area contributed by atoms with Gasteiger partial charge >= 0.3 is 5.97 Å². The number of carbonyl (C=O) groups excluding carboxylic acids is 1. The summed E-state index contributed by atoms with van der Waals surface area (Å²) in [6.07, 6.45) is 1.22. The van der Waals surface area contributed by atoms with Gasteiger partial charge < -0.3 is 14.2 Å². The lowest BCUT2D eigenvalue weighted by atomic mass is 10.1. The Morgan fingerprint density at radius 2 is 2.11 bits per heavy atom. The third-order valence-corrected chi connectivity index (χ3v) is 2.82. The molecule has 0 N–H and O–H groups in total. The summed E-state index contributed by atoms with van der Waals surface area (Å²) in [5.41, 5.74) is 1.15. The SMILES string of the molecule is CC(=O)O[C@H]1CC[C@H](OCc2ccccc2)CO1.